The van der Waals surface area contributed by atoms with Crippen LogP contribution in [0.2, 0.25) is 0 Å². The molecule has 0 radical (unpaired) electrons. The van der Waals surface area contributed by atoms with Gasteiger partial charge in [0.25, 0.3) is 5.91 Å². The first kappa shape index (κ1) is 17.6. The molecule has 1 atom stereocenters. The fourth-order valence-electron chi connectivity index (χ4n) is 2.57. The predicted molar refractivity (Wildman–Crippen MR) is 95.1 cm³/mol. The molecule has 0 saturated carbocycles. The van der Waals surface area contributed by atoms with Crippen molar-refractivity contribution in [1.29, 1.82) is 5.26 Å². The van der Waals surface area contributed by atoms with Gasteiger partial charge < -0.3 is 25.2 Å². The van der Waals surface area contributed by atoms with E-state index in [0.717, 1.165) is 5.56 Å². The van der Waals surface area contributed by atoms with Crippen molar-refractivity contribution in [3.63, 3.8) is 0 Å². The molecule has 1 aliphatic heterocycles. The van der Waals surface area contributed by atoms with Crippen molar-refractivity contribution in [2.75, 3.05) is 18.7 Å². The Labute approximate surface area is 151 Å². The fourth-order valence-corrected chi connectivity index (χ4v) is 2.57. The minimum Gasteiger partial charge on any atom is -0.454 e. The van der Waals surface area contributed by atoms with E-state index < -0.39 is 0 Å². The highest BCUT2D eigenvalue weighted by molar-refractivity contribution is 6.00. The highest BCUT2D eigenvalue weighted by Gasteiger charge is 2.16. The van der Waals surface area contributed by atoms with Gasteiger partial charge in [0.1, 0.15) is 0 Å². The summed E-state index contributed by atoms with van der Waals surface area (Å²) in [6.45, 7) is 2.23. The zero-order chi connectivity index (χ0) is 18.5. The van der Waals surface area contributed by atoms with Crippen LogP contribution in [0.1, 0.15) is 28.4 Å². The summed E-state index contributed by atoms with van der Waals surface area (Å²) >= 11 is 0. The third kappa shape index (κ3) is 3.87. The van der Waals surface area contributed by atoms with E-state index in [1.807, 2.05) is 18.2 Å². The molecule has 0 aromatic heterocycles. The van der Waals surface area contributed by atoms with Gasteiger partial charge in [-0.15, -0.1) is 0 Å². The Morgan fingerprint density at radius 2 is 2.08 bits per heavy atom. The summed E-state index contributed by atoms with van der Waals surface area (Å²) in [6, 6.07) is 12.1. The van der Waals surface area contributed by atoms with E-state index in [0.29, 0.717) is 34.9 Å². The van der Waals surface area contributed by atoms with Gasteiger partial charge in [-0.2, -0.15) is 5.26 Å². The van der Waals surface area contributed by atoms with Crippen molar-refractivity contribution in [3.05, 3.63) is 53.1 Å². The molecular formula is C19H19N3O4. The second-order valence-electron chi connectivity index (χ2n) is 5.97. The van der Waals surface area contributed by atoms with Crippen molar-refractivity contribution in [3.8, 4) is 17.6 Å². The molecule has 7 heteroatoms. The maximum absolute atomic E-state index is 12.6. The number of nitriles is 1. The van der Waals surface area contributed by atoms with Crippen molar-refractivity contribution in [1.82, 2.24) is 5.32 Å². The molecule has 26 heavy (non-hydrogen) atoms. The van der Waals surface area contributed by atoms with Crippen LogP contribution in [0.5, 0.6) is 11.5 Å². The zero-order valence-corrected chi connectivity index (χ0v) is 14.3. The Morgan fingerprint density at radius 3 is 2.85 bits per heavy atom. The van der Waals surface area contributed by atoms with Gasteiger partial charge in [0.2, 0.25) is 6.79 Å². The Morgan fingerprint density at radius 1 is 1.27 bits per heavy atom. The van der Waals surface area contributed by atoms with Crippen LogP contribution in [0, 0.1) is 11.3 Å². The van der Waals surface area contributed by atoms with Crippen molar-refractivity contribution >= 4 is 11.6 Å². The largest absolute Gasteiger partial charge is 0.454 e. The average molecular weight is 353 g/mol. The number of aliphatic hydroxyl groups is 1. The Balaban J connectivity index is 1.75. The van der Waals surface area contributed by atoms with E-state index in [4.69, 9.17) is 14.7 Å². The molecule has 0 saturated heterocycles. The SMILES string of the molecule is CC(CO)Nc1ccc(C#N)cc1C(=O)NCc1ccc2c(c1)OCO2. The number of rotatable bonds is 6. The number of aliphatic hydroxyl groups excluding tert-OH is 1. The average Bonchev–Trinajstić information content (AvgIpc) is 3.14. The summed E-state index contributed by atoms with van der Waals surface area (Å²) in [4.78, 5) is 12.6. The van der Waals surface area contributed by atoms with Crippen LogP contribution in [0.25, 0.3) is 0 Å². The highest BCUT2D eigenvalue weighted by atomic mass is 16.7. The molecule has 3 rings (SSSR count). The van der Waals surface area contributed by atoms with Crippen molar-refractivity contribution in [2.24, 2.45) is 0 Å². The molecule has 0 bridgehead atoms. The third-order valence-electron chi connectivity index (χ3n) is 3.96. The minimum absolute atomic E-state index is 0.0712. The first-order valence-corrected chi connectivity index (χ1v) is 8.19. The van der Waals surface area contributed by atoms with Crippen molar-refractivity contribution < 1.29 is 19.4 Å². The molecule has 7 nitrogen and oxygen atoms in total. The van der Waals surface area contributed by atoms with Crippen LogP contribution in [0.4, 0.5) is 5.69 Å². The number of carbonyl (C=O) groups excluding carboxylic acids is 1. The number of carbonyl (C=O) groups is 1. The standard InChI is InChI=1S/C19H19N3O4/c1-12(10-23)22-16-4-2-13(8-20)6-15(16)19(24)21-9-14-3-5-17-18(7-14)26-11-25-17/h2-7,12,22-23H,9-11H2,1H3,(H,21,24). The number of hydrogen-bond donors (Lipinski definition) is 3. The normalized spacial score (nSPS) is 13.0. The summed E-state index contributed by atoms with van der Waals surface area (Å²) in [5, 5.41) is 24.2. The lowest BCUT2D eigenvalue weighted by atomic mass is 10.1. The number of ether oxygens (including phenoxy) is 2. The third-order valence-corrected chi connectivity index (χ3v) is 3.96. The van der Waals surface area contributed by atoms with E-state index >= 15 is 0 Å². The zero-order valence-electron chi connectivity index (χ0n) is 14.3. The molecule has 1 amide bonds. The maximum atomic E-state index is 12.6. The Hall–Kier alpha value is -3.24. The first-order chi connectivity index (χ1) is 12.6. The fraction of sp³-hybridized carbons (Fsp3) is 0.263. The van der Waals surface area contributed by atoms with Gasteiger partial charge in [0, 0.05) is 18.3 Å². The second kappa shape index (κ2) is 7.76. The number of amides is 1. The Bertz CT molecular complexity index is 860. The smallest absolute Gasteiger partial charge is 0.253 e. The van der Waals surface area contributed by atoms with E-state index in [1.165, 1.54) is 6.07 Å². The molecule has 1 heterocycles. The van der Waals surface area contributed by atoms with Crippen molar-refractivity contribution in [2.45, 2.75) is 19.5 Å². The summed E-state index contributed by atoms with van der Waals surface area (Å²) in [5.41, 5.74) is 2.18. The minimum atomic E-state index is -0.313. The lowest BCUT2D eigenvalue weighted by Gasteiger charge is -2.16. The molecule has 0 spiro atoms. The van der Waals surface area contributed by atoms with Crippen LogP contribution < -0.4 is 20.1 Å². The first-order valence-electron chi connectivity index (χ1n) is 8.19. The topological polar surface area (TPSA) is 104 Å². The molecule has 134 valence electrons. The van der Waals surface area contributed by atoms with Crippen LogP contribution in [0.15, 0.2) is 36.4 Å². The number of nitrogens with one attached hydrogen (secondary N) is 2. The summed E-state index contributed by atoms with van der Waals surface area (Å²) < 4.78 is 10.6. The van der Waals surface area contributed by atoms with E-state index in [2.05, 4.69) is 10.6 Å². The summed E-state index contributed by atoms with van der Waals surface area (Å²) in [6.07, 6.45) is 0. The number of anilines is 1. The lowest BCUT2D eigenvalue weighted by Crippen LogP contribution is -2.26. The monoisotopic (exact) mass is 353 g/mol. The highest BCUT2D eigenvalue weighted by Crippen LogP contribution is 2.32. The molecule has 2 aromatic carbocycles. The lowest BCUT2D eigenvalue weighted by molar-refractivity contribution is 0.0951. The quantitative estimate of drug-likeness (QED) is 0.734. The van der Waals surface area contributed by atoms with Gasteiger partial charge in [-0.25, -0.2) is 0 Å². The van der Waals surface area contributed by atoms with E-state index in [1.54, 1.807) is 25.1 Å². The molecular weight excluding hydrogens is 334 g/mol. The number of benzene rings is 2. The van der Waals surface area contributed by atoms with E-state index in [-0.39, 0.29) is 25.3 Å². The number of hydrogen-bond acceptors (Lipinski definition) is 6. The van der Waals surface area contributed by atoms with Gasteiger partial charge >= 0.3 is 0 Å². The van der Waals surface area contributed by atoms with Crippen LogP contribution >= 0.6 is 0 Å². The summed E-state index contributed by atoms with van der Waals surface area (Å²) in [7, 11) is 0. The van der Waals surface area contributed by atoms with Gasteiger partial charge in [0.05, 0.1) is 23.8 Å². The van der Waals surface area contributed by atoms with Gasteiger partial charge in [-0.3, -0.25) is 4.79 Å². The van der Waals surface area contributed by atoms with Gasteiger partial charge in [-0.1, -0.05) is 6.07 Å². The second-order valence-corrected chi connectivity index (χ2v) is 5.97. The predicted octanol–water partition coefficient (Wildman–Crippen LogP) is 2.01. The molecule has 3 N–H and O–H groups in total. The molecule has 2 aromatic rings. The molecule has 1 unspecified atom stereocenters. The number of nitrogens with zero attached hydrogens (tertiary/aromatic N) is 1. The maximum Gasteiger partial charge on any atom is 0.253 e. The summed E-state index contributed by atoms with van der Waals surface area (Å²) in [5.74, 6) is 1.03. The Kier molecular flexibility index (Phi) is 5.25. The molecule has 0 fully saturated rings. The van der Waals surface area contributed by atoms with Crippen LogP contribution in [-0.4, -0.2) is 30.5 Å². The van der Waals surface area contributed by atoms with E-state index in [9.17, 15) is 9.90 Å². The van der Waals surface area contributed by atoms with Gasteiger partial charge in [0.15, 0.2) is 11.5 Å². The molecule has 0 aliphatic carbocycles. The van der Waals surface area contributed by atoms with Gasteiger partial charge in [-0.05, 0) is 42.8 Å². The van der Waals surface area contributed by atoms with Crippen LogP contribution in [0.3, 0.4) is 0 Å². The number of fused-ring (bicyclic) bond motifs is 1. The molecule has 1 aliphatic rings. The van der Waals surface area contributed by atoms with Crippen LogP contribution in [-0.2, 0) is 6.54 Å².